The Hall–Kier alpha value is -3.40. The summed E-state index contributed by atoms with van der Waals surface area (Å²) in [5.74, 6) is -1.10. The number of benzene rings is 1. The van der Waals surface area contributed by atoms with Crippen molar-refractivity contribution >= 4 is 27.5 Å². The minimum Gasteiger partial charge on any atom is -0.507 e. The number of ketones is 2. The van der Waals surface area contributed by atoms with E-state index in [1.807, 2.05) is 0 Å². The second kappa shape index (κ2) is 7.06. The van der Waals surface area contributed by atoms with E-state index in [9.17, 15) is 24.3 Å². The lowest BCUT2D eigenvalue weighted by Crippen LogP contribution is -2.40. The fourth-order valence-electron chi connectivity index (χ4n) is 4.84. The Morgan fingerprint density at radius 1 is 1.16 bits per heavy atom. The van der Waals surface area contributed by atoms with E-state index in [2.05, 4.69) is 15.9 Å². The summed E-state index contributed by atoms with van der Waals surface area (Å²) in [4.78, 5) is 51.5. The number of Topliss-reactive ketones (excluding diaryl/α,β-unsaturated/α-hetero) is 1. The maximum atomic E-state index is 13.1. The Morgan fingerprint density at radius 3 is 2.59 bits per heavy atom. The number of aromatic hydroxyl groups is 1. The third-order valence-electron chi connectivity index (χ3n) is 6.34. The summed E-state index contributed by atoms with van der Waals surface area (Å²) in [6.07, 6.45) is 3.13. The Bertz CT molecular complexity index is 1430. The van der Waals surface area contributed by atoms with E-state index in [4.69, 9.17) is 4.74 Å². The number of methoxy groups -OCH3 is 1. The number of fused-ring (bicyclic) bond motifs is 3. The first-order valence-corrected chi connectivity index (χ1v) is 10.7. The number of halogens is 1. The van der Waals surface area contributed by atoms with Crippen LogP contribution in [0.15, 0.2) is 61.1 Å². The number of carbonyl (C=O) groups excluding carboxylic acids is 2. The van der Waals surface area contributed by atoms with Gasteiger partial charge in [-0.25, -0.2) is 23.5 Å². The Labute approximate surface area is 189 Å². The molecule has 3 aliphatic rings. The van der Waals surface area contributed by atoms with Crippen molar-refractivity contribution in [3.05, 3.63) is 78.1 Å². The molecule has 1 aliphatic heterocycles. The monoisotopic (exact) mass is 499 g/mol. The number of allylic oxidation sites excluding steroid dienone is 6. The van der Waals surface area contributed by atoms with Gasteiger partial charge in [0.1, 0.15) is 11.5 Å². The van der Waals surface area contributed by atoms with Crippen LogP contribution in [0, 0.1) is 0 Å². The summed E-state index contributed by atoms with van der Waals surface area (Å²) in [5, 5.41) is 10.8. The van der Waals surface area contributed by atoms with Crippen LogP contribution in [0.3, 0.4) is 0 Å². The maximum absolute atomic E-state index is 13.1. The van der Waals surface area contributed by atoms with E-state index >= 15 is 0 Å². The number of carbonyl (C=O) groups is 2. The molecule has 1 aromatic heterocycles. The van der Waals surface area contributed by atoms with Crippen LogP contribution < -0.4 is 16.1 Å². The van der Waals surface area contributed by atoms with Gasteiger partial charge in [0.15, 0.2) is 11.6 Å². The quantitative estimate of drug-likeness (QED) is 0.494. The topological polar surface area (TPSA) is 113 Å². The number of nitrogens with zero attached hydrogens (tertiary/aromatic N) is 3. The van der Waals surface area contributed by atoms with Crippen molar-refractivity contribution in [1.29, 1.82) is 0 Å². The molecule has 32 heavy (non-hydrogen) atoms. The average molecular weight is 500 g/mol. The first-order chi connectivity index (χ1) is 15.2. The van der Waals surface area contributed by atoms with Crippen molar-refractivity contribution in [2.45, 2.75) is 24.9 Å². The van der Waals surface area contributed by atoms with Crippen molar-refractivity contribution in [1.82, 2.24) is 13.9 Å². The first kappa shape index (κ1) is 20.5. The van der Waals surface area contributed by atoms with Crippen molar-refractivity contribution in [2.24, 2.45) is 7.05 Å². The second-order valence-electron chi connectivity index (χ2n) is 7.91. The van der Waals surface area contributed by atoms with Crippen molar-refractivity contribution < 1.29 is 19.4 Å². The third-order valence-corrected chi connectivity index (χ3v) is 6.93. The number of hydrogen-bond donors (Lipinski definition) is 1. The minimum absolute atomic E-state index is 0.0887. The molecule has 5 rings (SSSR count). The predicted octanol–water partition coefficient (Wildman–Crippen LogP) is 1.46. The standard InChI is InChI=1S/C22H18BrN3O6/c1-24-21(30)25-6-5-11-15(26(25)22(24)31)8-13-19(17(28)9-14(23)20(13)29)18(11)12-4-3-10(32-2)7-16(12)27/h3-5,7,9,15,18,27H,6,8H2,1-2H3/t15-,18-/m1/s1. The van der Waals surface area contributed by atoms with E-state index in [1.54, 1.807) is 18.2 Å². The summed E-state index contributed by atoms with van der Waals surface area (Å²) < 4.78 is 9.00. The Balaban J connectivity index is 1.79. The van der Waals surface area contributed by atoms with Crippen molar-refractivity contribution in [2.75, 3.05) is 7.11 Å². The van der Waals surface area contributed by atoms with Gasteiger partial charge >= 0.3 is 11.4 Å². The van der Waals surface area contributed by atoms with Gasteiger partial charge in [0, 0.05) is 48.2 Å². The molecular formula is C22H18BrN3O6. The van der Waals surface area contributed by atoms with Gasteiger partial charge in [0.2, 0.25) is 0 Å². The zero-order chi connectivity index (χ0) is 22.9. The summed E-state index contributed by atoms with van der Waals surface area (Å²) in [7, 11) is 2.87. The molecule has 0 saturated heterocycles. The normalized spacial score (nSPS) is 22.1. The Kier molecular flexibility index (Phi) is 4.52. The SMILES string of the molecule is COc1ccc([C@H]2C3=CCn4c(=O)n(C)c(=O)n4[C@@H]3CC3=C2C(=O)C=C(Br)C3=O)c(O)c1. The molecule has 0 fully saturated rings. The first-order valence-electron chi connectivity index (χ1n) is 9.89. The zero-order valence-corrected chi connectivity index (χ0v) is 18.7. The highest BCUT2D eigenvalue weighted by atomic mass is 79.9. The molecular weight excluding hydrogens is 482 g/mol. The van der Waals surface area contributed by atoms with E-state index in [0.29, 0.717) is 16.9 Å². The van der Waals surface area contributed by atoms with E-state index in [0.717, 1.165) is 4.57 Å². The van der Waals surface area contributed by atoms with E-state index < -0.39 is 23.3 Å². The molecule has 1 N–H and O–H groups in total. The zero-order valence-electron chi connectivity index (χ0n) is 17.2. The highest BCUT2D eigenvalue weighted by Crippen LogP contribution is 2.51. The van der Waals surface area contributed by atoms with Crippen LogP contribution in [-0.2, 0) is 23.2 Å². The summed E-state index contributed by atoms with van der Waals surface area (Å²) in [6, 6.07) is 4.10. The molecule has 2 aromatic rings. The van der Waals surface area contributed by atoms with Gasteiger partial charge in [0.25, 0.3) is 0 Å². The van der Waals surface area contributed by atoms with Gasteiger partial charge in [-0.15, -0.1) is 0 Å². The lowest BCUT2D eigenvalue weighted by atomic mass is 9.68. The number of ether oxygens (including phenoxy) is 1. The van der Waals surface area contributed by atoms with Gasteiger partial charge in [-0.3, -0.25) is 9.59 Å². The average Bonchev–Trinajstić information content (AvgIpc) is 3.00. The van der Waals surface area contributed by atoms with Crippen LogP contribution >= 0.6 is 15.9 Å². The van der Waals surface area contributed by atoms with Gasteiger partial charge in [-0.1, -0.05) is 12.1 Å². The molecule has 10 heteroatoms. The highest BCUT2D eigenvalue weighted by molar-refractivity contribution is 9.12. The molecule has 1 aromatic carbocycles. The van der Waals surface area contributed by atoms with Crippen molar-refractivity contribution in [3.63, 3.8) is 0 Å². The summed E-state index contributed by atoms with van der Waals surface area (Å²) >= 11 is 3.16. The maximum Gasteiger partial charge on any atom is 0.347 e. The van der Waals surface area contributed by atoms with E-state index in [1.165, 1.54) is 35.7 Å². The fourth-order valence-corrected chi connectivity index (χ4v) is 5.28. The minimum atomic E-state index is -0.751. The molecule has 2 heterocycles. The molecule has 0 unspecified atom stereocenters. The van der Waals surface area contributed by atoms with Gasteiger partial charge in [-0.05, 0) is 27.6 Å². The third kappa shape index (κ3) is 2.68. The van der Waals surface area contributed by atoms with Gasteiger partial charge in [-0.2, -0.15) is 0 Å². The largest absolute Gasteiger partial charge is 0.507 e. The molecule has 2 atom stereocenters. The summed E-state index contributed by atoms with van der Waals surface area (Å²) in [5.41, 5.74) is 0.688. The molecule has 0 amide bonds. The molecule has 2 aliphatic carbocycles. The molecule has 164 valence electrons. The number of phenols is 1. The summed E-state index contributed by atoms with van der Waals surface area (Å²) in [6.45, 7) is 0.137. The second-order valence-corrected chi connectivity index (χ2v) is 8.76. The number of aromatic nitrogens is 3. The van der Waals surface area contributed by atoms with Crippen molar-refractivity contribution in [3.8, 4) is 11.5 Å². The smallest absolute Gasteiger partial charge is 0.347 e. The molecule has 0 bridgehead atoms. The molecule has 0 radical (unpaired) electrons. The van der Waals surface area contributed by atoms with Crippen LogP contribution in [-0.4, -0.2) is 37.7 Å². The fraction of sp³-hybridized carbons (Fsp3) is 0.273. The van der Waals surface area contributed by atoms with Crippen LogP contribution in [0.1, 0.15) is 23.9 Å². The Morgan fingerprint density at radius 2 is 1.91 bits per heavy atom. The van der Waals surface area contributed by atoms with E-state index in [-0.39, 0.29) is 45.9 Å². The molecule has 0 spiro atoms. The van der Waals surface area contributed by atoms with Gasteiger partial charge in [0.05, 0.1) is 24.2 Å². The predicted molar refractivity (Wildman–Crippen MR) is 117 cm³/mol. The molecule has 9 nitrogen and oxygen atoms in total. The number of rotatable bonds is 2. The van der Waals surface area contributed by atoms with Crippen LogP contribution in [0.2, 0.25) is 0 Å². The molecule has 0 saturated carbocycles. The van der Waals surface area contributed by atoms with Gasteiger partial charge < -0.3 is 9.84 Å². The lowest BCUT2D eigenvalue weighted by molar-refractivity contribution is -0.115. The van der Waals surface area contributed by atoms with Crippen LogP contribution in [0.5, 0.6) is 11.5 Å². The number of hydrogen-bond acceptors (Lipinski definition) is 6. The highest BCUT2D eigenvalue weighted by Gasteiger charge is 2.45. The van der Waals surface area contributed by atoms with Crippen LogP contribution in [0.4, 0.5) is 0 Å². The lowest BCUT2D eigenvalue weighted by Gasteiger charge is -2.39. The van der Waals surface area contributed by atoms with Crippen LogP contribution in [0.25, 0.3) is 0 Å². The number of phenolic OH excluding ortho intramolecular Hbond substituents is 1.